The highest BCUT2D eigenvalue weighted by Gasteiger charge is 2.33. The Kier molecular flexibility index (Phi) is 14.1. The number of unbranched alkanes of at least 4 members (excludes halogenated alkanes) is 1. The number of hydrogen-bond donors (Lipinski definition) is 0. The van der Waals surface area contributed by atoms with Crippen LogP contribution >= 0.6 is 0 Å². The third kappa shape index (κ3) is 11.0. The van der Waals surface area contributed by atoms with Crippen LogP contribution in [-0.4, -0.2) is 50.4 Å². The molecule has 7 nitrogen and oxygen atoms in total. The predicted octanol–water partition coefficient (Wildman–Crippen LogP) is 5.40. The van der Waals surface area contributed by atoms with Gasteiger partial charge >= 0.3 is 17.9 Å². The zero-order valence-electron chi connectivity index (χ0n) is 22.1. The van der Waals surface area contributed by atoms with Crippen LogP contribution in [-0.2, 0) is 33.3 Å². The van der Waals surface area contributed by atoms with Gasteiger partial charge in [0.1, 0.15) is 6.10 Å². The zero-order chi connectivity index (χ0) is 25.7. The number of carbonyl (C=O) groups excluding carboxylic acids is 3. The molecule has 0 aromatic heterocycles. The number of rotatable bonds is 16. The minimum atomic E-state index is -0.254. The highest BCUT2D eigenvalue weighted by atomic mass is 16.5. The Labute approximate surface area is 205 Å². The third-order valence-corrected chi connectivity index (χ3v) is 6.64. The maximum atomic E-state index is 12.7. The van der Waals surface area contributed by atoms with Crippen LogP contribution in [0.3, 0.4) is 0 Å². The van der Waals surface area contributed by atoms with Crippen LogP contribution in [0, 0.1) is 17.8 Å². The lowest BCUT2D eigenvalue weighted by atomic mass is 9.95. The molecule has 0 aliphatic carbocycles. The average Bonchev–Trinajstić information content (AvgIpc) is 3.14. The van der Waals surface area contributed by atoms with Gasteiger partial charge in [-0.3, -0.25) is 14.4 Å². The molecule has 0 aromatic carbocycles. The Morgan fingerprint density at radius 2 is 1.71 bits per heavy atom. The van der Waals surface area contributed by atoms with Gasteiger partial charge in [0.05, 0.1) is 44.7 Å². The summed E-state index contributed by atoms with van der Waals surface area (Å²) in [5, 5.41) is 0. The average molecular weight is 483 g/mol. The lowest BCUT2D eigenvalue weighted by molar-refractivity contribution is -0.154. The minimum absolute atomic E-state index is 0.0535. The van der Waals surface area contributed by atoms with Crippen molar-refractivity contribution in [1.82, 2.24) is 0 Å². The van der Waals surface area contributed by atoms with E-state index in [-0.39, 0.29) is 48.1 Å². The van der Waals surface area contributed by atoms with E-state index in [1.54, 1.807) is 0 Å². The van der Waals surface area contributed by atoms with E-state index in [0.717, 1.165) is 50.5 Å². The summed E-state index contributed by atoms with van der Waals surface area (Å²) in [7, 11) is 2.78. The van der Waals surface area contributed by atoms with Gasteiger partial charge < -0.3 is 18.9 Å². The fraction of sp³-hybridized carbons (Fsp3) is 0.815. The molecule has 0 amide bonds. The Balaban J connectivity index is 2.37. The van der Waals surface area contributed by atoms with E-state index < -0.39 is 0 Å². The van der Waals surface area contributed by atoms with E-state index in [1.165, 1.54) is 14.2 Å². The molecular weight excluding hydrogens is 436 g/mol. The standard InChI is InChI=1S/C27H46O7/c1-8-11-22(15-18(2)14-21(5)26(29)32-7)34-27(30)19(3)12-9-10-13-24-20(4)16-23(33-24)17-25(28)31-6/h19-24H,2,8-17H2,1,3-7H3/t19-,20-,21+,22+,23+,24-/m0/s1. The molecular formula is C27H46O7. The van der Waals surface area contributed by atoms with Crippen LogP contribution in [0.2, 0.25) is 0 Å². The Morgan fingerprint density at radius 3 is 2.32 bits per heavy atom. The van der Waals surface area contributed by atoms with Gasteiger partial charge in [0, 0.05) is 6.42 Å². The second kappa shape index (κ2) is 15.9. The second-order valence-electron chi connectivity index (χ2n) is 9.91. The topological polar surface area (TPSA) is 88.1 Å². The summed E-state index contributed by atoms with van der Waals surface area (Å²) in [5.41, 5.74) is 0.896. The molecule has 1 heterocycles. The van der Waals surface area contributed by atoms with Crippen molar-refractivity contribution in [2.24, 2.45) is 17.8 Å². The molecule has 7 heteroatoms. The van der Waals surface area contributed by atoms with Gasteiger partial charge in [-0.25, -0.2) is 0 Å². The van der Waals surface area contributed by atoms with Gasteiger partial charge in [0.2, 0.25) is 0 Å². The van der Waals surface area contributed by atoms with Crippen molar-refractivity contribution >= 4 is 17.9 Å². The molecule has 0 unspecified atom stereocenters. The highest BCUT2D eigenvalue weighted by Crippen LogP contribution is 2.31. The molecule has 1 saturated heterocycles. The number of esters is 3. The quantitative estimate of drug-likeness (QED) is 0.126. The Bertz CT molecular complexity index is 659. The number of methoxy groups -OCH3 is 2. The van der Waals surface area contributed by atoms with Crippen LogP contribution in [0.15, 0.2) is 12.2 Å². The van der Waals surface area contributed by atoms with Gasteiger partial charge in [-0.15, -0.1) is 0 Å². The molecule has 0 bridgehead atoms. The first-order chi connectivity index (χ1) is 16.1. The fourth-order valence-electron chi connectivity index (χ4n) is 4.60. The summed E-state index contributed by atoms with van der Waals surface area (Å²) in [4.78, 5) is 35.8. The lowest BCUT2D eigenvalue weighted by Crippen LogP contribution is -2.24. The zero-order valence-corrected chi connectivity index (χ0v) is 22.1. The van der Waals surface area contributed by atoms with Gasteiger partial charge in [-0.05, 0) is 38.0 Å². The lowest BCUT2D eigenvalue weighted by Gasteiger charge is -2.22. The van der Waals surface area contributed by atoms with Gasteiger partial charge in [0.25, 0.3) is 0 Å². The first-order valence-corrected chi connectivity index (χ1v) is 12.8. The molecule has 0 saturated carbocycles. The molecule has 1 fully saturated rings. The number of hydrogen-bond acceptors (Lipinski definition) is 7. The molecule has 196 valence electrons. The smallest absolute Gasteiger partial charge is 0.308 e. The van der Waals surface area contributed by atoms with Crippen molar-refractivity contribution in [3.05, 3.63) is 12.2 Å². The highest BCUT2D eigenvalue weighted by molar-refractivity contribution is 5.72. The fourth-order valence-corrected chi connectivity index (χ4v) is 4.60. The largest absolute Gasteiger partial charge is 0.469 e. The Morgan fingerprint density at radius 1 is 1.00 bits per heavy atom. The van der Waals surface area contributed by atoms with Gasteiger partial charge in [0.15, 0.2) is 0 Å². The molecule has 0 radical (unpaired) electrons. The molecule has 1 aliphatic heterocycles. The second-order valence-corrected chi connectivity index (χ2v) is 9.91. The van der Waals surface area contributed by atoms with Crippen molar-refractivity contribution in [3.63, 3.8) is 0 Å². The SMILES string of the molecule is C=C(C[C@@H](CCC)OC(=O)[C@@H](C)CCCC[C@@H]1O[C@@H](CC(=O)OC)C[C@@H]1C)C[C@@H](C)C(=O)OC. The molecule has 6 atom stereocenters. The molecule has 1 rings (SSSR count). The summed E-state index contributed by atoms with van der Waals surface area (Å²) >= 11 is 0. The van der Waals surface area contributed by atoms with Gasteiger partial charge in [-0.1, -0.05) is 59.1 Å². The summed E-state index contributed by atoms with van der Waals surface area (Å²) < 4.78 is 21.4. The molecule has 0 aromatic rings. The van der Waals surface area contributed by atoms with Crippen molar-refractivity contribution in [2.75, 3.05) is 14.2 Å². The van der Waals surface area contributed by atoms with Crippen LogP contribution in [0.25, 0.3) is 0 Å². The van der Waals surface area contributed by atoms with Crippen molar-refractivity contribution < 1.29 is 33.3 Å². The maximum absolute atomic E-state index is 12.7. The molecule has 0 N–H and O–H groups in total. The first kappa shape index (κ1) is 30.1. The summed E-state index contributed by atoms with van der Waals surface area (Å²) in [6.45, 7) is 12.0. The Hall–Kier alpha value is -1.89. The summed E-state index contributed by atoms with van der Waals surface area (Å²) in [6.07, 6.45) is 7.45. The van der Waals surface area contributed by atoms with E-state index in [9.17, 15) is 14.4 Å². The van der Waals surface area contributed by atoms with Crippen LogP contribution in [0.4, 0.5) is 0 Å². The summed E-state index contributed by atoms with van der Waals surface area (Å²) in [5.74, 6) is -0.659. The molecule has 0 spiro atoms. The van der Waals surface area contributed by atoms with Crippen molar-refractivity contribution in [2.45, 2.75) is 110 Å². The van der Waals surface area contributed by atoms with E-state index in [2.05, 4.69) is 20.4 Å². The maximum Gasteiger partial charge on any atom is 0.308 e. The van der Waals surface area contributed by atoms with E-state index in [1.807, 2.05) is 13.8 Å². The van der Waals surface area contributed by atoms with Crippen molar-refractivity contribution in [3.8, 4) is 0 Å². The van der Waals surface area contributed by atoms with E-state index in [4.69, 9.17) is 18.9 Å². The summed E-state index contributed by atoms with van der Waals surface area (Å²) in [6, 6.07) is 0. The first-order valence-electron chi connectivity index (χ1n) is 12.8. The normalized spacial score (nSPS) is 22.5. The number of ether oxygens (including phenoxy) is 4. The third-order valence-electron chi connectivity index (χ3n) is 6.64. The van der Waals surface area contributed by atoms with E-state index >= 15 is 0 Å². The van der Waals surface area contributed by atoms with Gasteiger partial charge in [-0.2, -0.15) is 0 Å². The van der Waals surface area contributed by atoms with Crippen LogP contribution < -0.4 is 0 Å². The monoisotopic (exact) mass is 482 g/mol. The molecule has 1 aliphatic rings. The van der Waals surface area contributed by atoms with Crippen LogP contribution in [0.1, 0.15) is 91.9 Å². The minimum Gasteiger partial charge on any atom is -0.469 e. The predicted molar refractivity (Wildman–Crippen MR) is 131 cm³/mol. The molecule has 34 heavy (non-hydrogen) atoms. The van der Waals surface area contributed by atoms with Crippen molar-refractivity contribution in [1.29, 1.82) is 0 Å². The van der Waals surface area contributed by atoms with Crippen LogP contribution in [0.5, 0.6) is 0 Å². The number of carbonyl (C=O) groups is 3. The van der Waals surface area contributed by atoms with E-state index in [0.29, 0.717) is 25.2 Å².